The van der Waals surface area contributed by atoms with Crippen LogP contribution in [-0.4, -0.2) is 24.5 Å². The van der Waals surface area contributed by atoms with Crippen LogP contribution < -0.4 is 5.32 Å². The second-order valence-electron chi connectivity index (χ2n) is 7.39. The van der Waals surface area contributed by atoms with Gasteiger partial charge in [-0.3, -0.25) is 4.90 Å². The van der Waals surface area contributed by atoms with Crippen molar-refractivity contribution in [1.82, 2.24) is 10.2 Å². The number of nitrogens with zero attached hydrogens (tertiary/aromatic N) is 1. The number of piperidine rings is 1. The predicted octanol–water partition coefficient (Wildman–Crippen LogP) is 4.04. The number of furan rings is 1. The van der Waals surface area contributed by atoms with Gasteiger partial charge in [-0.25, -0.2) is 0 Å². The van der Waals surface area contributed by atoms with Gasteiger partial charge in [0, 0.05) is 12.1 Å². The van der Waals surface area contributed by atoms with Gasteiger partial charge in [-0.05, 0) is 49.9 Å². The highest BCUT2D eigenvalue weighted by Gasteiger charge is 2.28. The first kappa shape index (κ1) is 16.6. The minimum Gasteiger partial charge on any atom is -0.468 e. The molecule has 0 aromatic carbocycles. The van der Waals surface area contributed by atoms with Gasteiger partial charge in [0.25, 0.3) is 0 Å². The van der Waals surface area contributed by atoms with Crippen LogP contribution in [-0.2, 0) is 13.1 Å². The molecule has 0 atom stereocenters. The molecule has 0 unspecified atom stereocenters. The summed E-state index contributed by atoms with van der Waals surface area (Å²) in [4.78, 5) is 2.53. The first-order valence-electron chi connectivity index (χ1n) is 8.50. The van der Waals surface area contributed by atoms with Crippen molar-refractivity contribution in [2.75, 3.05) is 19.6 Å². The van der Waals surface area contributed by atoms with Gasteiger partial charge >= 0.3 is 0 Å². The Labute approximate surface area is 130 Å². The highest BCUT2D eigenvalue weighted by molar-refractivity contribution is 5.12. The minimum atomic E-state index is 0.561. The lowest BCUT2D eigenvalue weighted by Gasteiger charge is -2.38. The summed E-state index contributed by atoms with van der Waals surface area (Å²) in [5.74, 6) is 1.80. The third kappa shape index (κ3) is 5.15. The van der Waals surface area contributed by atoms with Crippen molar-refractivity contribution in [3.05, 3.63) is 23.7 Å². The van der Waals surface area contributed by atoms with Crippen molar-refractivity contribution in [2.45, 2.75) is 60.0 Å². The summed E-state index contributed by atoms with van der Waals surface area (Å²) in [5, 5.41) is 3.46. The Balaban J connectivity index is 1.75. The van der Waals surface area contributed by atoms with Crippen LogP contribution in [0.25, 0.3) is 0 Å². The fraction of sp³-hybridized carbons (Fsp3) is 0.778. The molecule has 2 heterocycles. The quantitative estimate of drug-likeness (QED) is 0.822. The van der Waals surface area contributed by atoms with E-state index in [1.807, 2.05) is 6.26 Å². The summed E-state index contributed by atoms with van der Waals surface area (Å²) >= 11 is 0. The SMILES string of the molecule is CCC1(C)CCN(Cc2cc(CNCC(C)C)co2)CC1. The molecular weight excluding hydrogens is 260 g/mol. The Morgan fingerprint density at radius 2 is 2.05 bits per heavy atom. The normalized spacial score (nSPS) is 19.3. The Morgan fingerprint density at radius 3 is 2.67 bits per heavy atom. The van der Waals surface area contributed by atoms with E-state index in [4.69, 9.17) is 4.42 Å². The highest BCUT2D eigenvalue weighted by atomic mass is 16.3. The summed E-state index contributed by atoms with van der Waals surface area (Å²) < 4.78 is 5.72. The topological polar surface area (TPSA) is 28.4 Å². The van der Waals surface area contributed by atoms with E-state index in [2.05, 4.69) is 44.0 Å². The molecule has 0 spiro atoms. The van der Waals surface area contributed by atoms with Crippen LogP contribution in [0.1, 0.15) is 58.3 Å². The molecule has 1 aromatic heterocycles. The van der Waals surface area contributed by atoms with Crippen LogP contribution in [0, 0.1) is 11.3 Å². The zero-order valence-electron chi connectivity index (χ0n) is 14.2. The molecule has 0 saturated carbocycles. The highest BCUT2D eigenvalue weighted by Crippen LogP contribution is 2.34. The second kappa shape index (κ2) is 7.46. The van der Waals surface area contributed by atoms with E-state index in [9.17, 15) is 0 Å². The van der Waals surface area contributed by atoms with Gasteiger partial charge in [-0.15, -0.1) is 0 Å². The molecule has 3 nitrogen and oxygen atoms in total. The number of hydrogen-bond donors (Lipinski definition) is 1. The monoisotopic (exact) mass is 292 g/mol. The van der Waals surface area contributed by atoms with E-state index in [0.29, 0.717) is 11.3 Å². The van der Waals surface area contributed by atoms with Crippen LogP contribution in [0.5, 0.6) is 0 Å². The average molecular weight is 292 g/mol. The Bertz CT molecular complexity index is 417. The molecule has 1 aliphatic heterocycles. The molecule has 0 bridgehead atoms. The molecule has 120 valence electrons. The van der Waals surface area contributed by atoms with E-state index in [1.165, 1.54) is 37.9 Å². The van der Waals surface area contributed by atoms with Crippen LogP contribution in [0.2, 0.25) is 0 Å². The lowest BCUT2D eigenvalue weighted by atomic mass is 9.78. The van der Waals surface area contributed by atoms with Gasteiger partial charge < -0.3 is 9.73 Å². The maximum Gasteiger partial charge on any atom is 0.118 e. The minimum absolute atomic E-state index is 0.561. The summed E-state index contributed by atoms with van der Waals surface area (Å²) in [7, 11) is 0. The molecule has 0 radical (unpaired) electrons. The van der Waals surface area contributed by atoms with Gasteiger partial charge in [0.05, 0.1) is 12.8 Å². The summed E-state index contributed by atoms with van der Waals surface area (Å²) in [5.41, 5.74) is 1.83. The van der Waals surface area contributed by atoms with E-state index >= 15 is 0 Å². The first-order chi connectivity index (χ1) is 10.0. The molecule has 3 heteroatoms. The van der Waals surface area contributed by atoms with Crippen molar-refractivity contribution in [3.8, 4) is 0 Å². The molecular formula is C18H32N2O. The van der Waals surface area contributed by atoms with Gasteiger partial charge in [0.2, 0.25) is 0 Å². The van der Waals surface area contributed by atoms with E-state index in [-0.39, 0.29) is 0 Å². The van der Waals surface area contributed by atoms with E-state index in [1.54, 1.807) is 0 Å². The number of nitrogens with one attached hydrogen (secondary N) is 1. The smallest absolute Gasteiger partial charge is 0.118 e. The molecule has 1 N–H and O–H groups in total. The standard InChI is InChI=1S/C18H32N2O/c1-5-18(4)6-8-20(9-7-18)13-17-10-16(14-21-17)12-19-11-15(2)3/h10,14-15,19H,5-9,11-13H2,1-4H3. The number of hydrogen-bond acceptors (Lipinski definition) is 3. The van der Waals surface area contributed by atoms with Crippen molar-refractivity contribution in [1.29, 1.82) is 0 Å². The van der Waals surface area contributed by atoms with Crippen molar-refractivity contribution >= 4 is 0 Å². The van der Waals surface area contributed by atoms with Gasteiger partial charge in [-0.1, -0.05) is 34.1 Å². The van der Waals surface area contributed by atoms with Crippen LogP contribution in [0.15, 0.2) is 16.7 Å². The summed E-state index contributed by atoms with van der Waals surface area (Å²) in [6.07, 6.45) is 5.83. The predicted molar refractivity (Wildman–Crippen MR) is 88.2 cm³/mol. The number of likely N-dealkylation sites (tertiary alicyclic amines) is 1. The Morgan fingerprint density at radius 1 is 1.33 bits per heavy atom. The molecule has 1 aliphatic rings. The summed E-state index contributed by atoms with van der Waals surface area (Å²) in [6, 6.07) is 2.21. The Hall–Kier alpha value is -0.800. The summed E-state index contributed by atoms with van der Waals surface area (Å²) in [6.45, 7) is 14.5. The van der Waals surface area contributed by atoms with Crippen LogP contribution >= 0.6 is 0 Å². The zero-order valence-corrected chi connectivity index (χ0v) is 14.2. The molecule has 1 fully saturated rings. The first-order valence-corrected chi connectivity index (χ1v) is 8.50. The third-order valence-corrected chi connectivity index (χ3v) is 4.89. The fourth-order valence-electron chi connectivity index (χ4n) is 2.93. The lowest BCUT2D eigenvalue weighted by molar-refractivity contribution is 0.104. The van der Waals surface area contributed by atoms with E-state index < -0.39 is 0 Å². The van der Waals surface area contributed by atoms with Crippen molar-refractivity contribution in [2.24, 2.45) is 11.3 Å². The molecule has 0 aliphatic carbocycles. The number of rotatable bonds is 7. The van der Waals surface area contributed by atoms with Crippen LogP contribution in [0.4, 0.5) is 0 Å². The third-order valence-electron chi connectivity index (χ3n) is 4.89. The van der Waals surface area contributed by atoms with Gasteiger partial charge in [0.1, 0.15) is 5.76 Å². The lowest BCUT2D eigenvalue weighted by Crippen LogP contribution is -2.37. The van der Waals surface area contributed by atoms with E-state index in [0.717, 1.165) is 25.4 Å². The fourth-order valence-corrected chi connectivity index (χ4v) is 2.93. The van der Waals surface area contributed by atoms with Crippen molar-refractivity contribution in [3.63, 3.8) is 0 Å². The molecule has 2 rings (SSSR count). The average Bonchev–Trinajstić information content (AvgIpc) is 2.89. The molecule has 0 amide bonds. The maximum absolute atomic E-state index is 5.72. The zero-order chi connectivity index (χ0) is 15.3. The largest absolute Gasteiger partial charge is 0.468 e. The second-order valence-corrected chi connectivity index (χ2v) is 7.39. The van der Waals surface area contributed by atoms with Gasteiger partial charge in [-0.2, -0.15) is 0 Å². The molecule has 1 saturated heterocycles. The Kier molecular flexibility index (Phi) is 5.88. The maximum atomic E-state index is 5.72. The van der Waals surface area contributed by atoms with Gasteiger partial charge in [0.15, 0.2) is 0 Å². The van der Waals surface area contributed by atoms with Crippen molar-refractivity contribution < 1.29 is 4.42 Å². The van der Waals surface area contributed by atoms with Crippen LogP contribution in [0.3, 0.4) is 0 Å². The molecule has 1 aromatic rings. The molecule has 21 heavy (non-hydrogen) atoms.